The van der Waals surface area contributed by atoms with Crippen LogP contribution in [-0.2, 0) is 14.3 Å². The fraction of sp³-hybridized carbons (Fsp3) is 0.938. The molecule has 0 unspecified atom stereocenters. The van der Waals surface area contributed by atoms with Crippen molar-refractivity contribution >= 4 is 29.3 Å². The first-order valence-corrected chi connectivity index (χ1v) is 16.2. The third kappa shape index (κ3) is 31.5. The second-order valence-electron chi connectivity index (χ2n) is 11.5. The molecule has 0 rings (SSSR count). The van der Waals surface area contributed by atoms with E-state index in [9.17, 15) is 9.59 Å². The molecule has 0 bridgehead atoms. The number of rotatable bonds is 22. The van der Waals surface area contributed by atoms with Crippen LogP contribution < -0.4 is 65.6 Å². The number of aliphatic hydroxyl groups excluding tert-OH is 1. The van der Waals surface area contributed by atoms with Crippen LogP contribution >= 0.6 is 0 Å². The molecule has 0 aliphatic rings. The largest absolute Gasteiger partial charge is 1.00 e. The molecule has 0 heterocycles. The number of ether oxygens (including phenoxy) is 1. The Labute approximate surface area is 318 Å². The van der Waals surface area contributed by atoms with E-state index in [-0.39, 0.29) is 90.8 Å². The molecule has 12 heteroatoms. The summed E-state index contributed by atoms with van der Waals surface area (Å²) in [6, 6.07) is 0. The van der Waals surface area contributed by atoms with E-state index >= 15 is 0 Å². The molecule has 0 aromatic rings. The molecule has 0 amide bonds. The zero-order chi connectivity index (χ0) is 31.5. The van der Waals surface area contributed by atoms with Crippen molar-refractivity contribution in [3.05, 3.63) is 0 Å². The van der Waals surface area contributed by atoms with Gasteiger partial charge in [-0.1, -0.05) is 119 Å². The zero-order valence-electron chi connectivity index (χ0n) is 30.9. The van der Waals surface area contributed by atoms with Crippen molar-refractivity contribution in [2.75, 3.05) is 13.2 Å². The summed E-state index contributed by atoms with van der Waals surface area (Å²) in [5.74, 6) is -1.08. The standard InChI is InChI=1S/C12H25NO2.C10H21NO2.C10H23NO.Al.Li.Na.H2O.4H/c1-4-7-9-12(13,10-8-5-2)11(14)15-6-3;1-3-5-7-10(11,9(12)13)8-6-4-2;1-3-5-7-10(11,9-12)8-6-4-2;;;;;;;;/h4-10,13H2,1-3H3;3-8,11H2,1-2H3,(H,12,13);12H,3-9,11H2,1-2H3;;;;1H2;;;;/q;;;;2*+1;;;;;-1/p-1. The number of carbonyl (C=O) groups excluding carboxylic acids is 1. The van der Waals surface area contributed by atoms with Gasteiger partial charge in [-0.05, 0) is 45.4 Å². The zero-order valence-corrected chi connectivity index (χ0v) is 31.9. The summed E-state index contributed by atoms with van der Waals surface area (Å²) in [7, 11) is 0. The third-order valence-corrected chi connectivity index (χ3v) is 7.38. The first-order chi connectivity index (χ1) is 18.8. The number of nitrogens with two attached hydrogens (primary N) is 3. The van der Waals surface area contributed by atoms with E-state index in [0.717, 1.165) is 103 Å². The summed E-state index contributed by atoms with van der Waals surface area (Å²) in [5.41, 5.74) is 15.9. The summed E-state index contributed by atoms with van der Waals surface area (Å²) in [6.07, 6.45) is 17.0. The smallest absolute Gasteiger partial charge is 1.00 e. The first kappa shape index (κ1) is 60.2. The summed E-state index contributed by atoms with van der Waals surface area (Å²) in [5, 5.41) is 18.1. The fourth-order valence-electron chi connectivity index (χ4n) is 4.25. The van der Waals surface area contributed by atoms with E-state index < -0.39 is 17.0 Å². The van der Waals surface area contributed by atoms with Gasteiger partial charge in [-0.15, -0.1) is 0 Å². The number of carbonyl (C=O) groups is 2. The van der Waals surface area contributed by atoms with E-state index in [0.29, 0.717) is 19.4 Å². The van der Waals surface area contributed by atoms with E-state index in [1.54, 1.807) is 0 Å². The van der Waals surface area contributed by atoms with Gasteiger partial charge in [0.25, 0.3) is 0 Å². The van der Waals surface area contributed by atoms with Crippen LogP contribution in [-0.4, -0.2) is 74.8 Å². The Morgan fingerprint density at radius 2 is 0.909 bits per heavy atom. The van der Waals surface area contributed by atoms with Gasteiger partial charge < -0.3 is 39.1 Å². The van der Waals surface area contributed by atoms with Gasteiger partial charge >= 0.3 is 60.4 Å². The van der Waals surface area contributed by atoms with Crippen LogP contribution in [0.3, 0.4) is 0 Å². The van der Waals surface area contributed by atoms with Crippen molar-refractivity contribution in [3.63, 3.8) is 0 Å². The van der Waals surface area contributed by atoms with Crippen molar-refractivity contribution < 1.29 is 79.9 Å². The van der Waals surface area contributed by atoms with E-state index in [1.165, 1.54) is 0 Å². The number of aliphatic carboxylic acids is 1. The predicted molar refractivity (Wildman–Crippen MR) is 182 cm³/mol. The molecule has 0 aromatic carbocycles. The molecule has 0 aliphatic carbocycles. The maximum atomic E-state index is 11.7. The number of carboxylic acid groups (broad SMARTS) is 1. The molecule has 0 aliphatic heterocycles. The maximum absolute atomic E-state index is 11.7. The van der Waals surface area contributed by atoms with Gasteiger partial charge in [-0.2, -0.15) is 0 Å². The molecule has 0 fully saturated rings. The molecule has 0 saturated carbocycles. The van der Waals surface area contributed by atoms with E-state index in [4.69, 9.17) is 32.2 Å². The van der Waals surface area contributed by atoms with Crippen LogP contribution in [0, 0.1) is 0 Å². The van der Waals surface area contributed by atoms with Crippen LogP contribution in [0.25, 0.3) is 0 Å². The number of hydrogen-bond acceptors (Lipinski definition) is 8. The van der Waals surface area contributed by atoms with Crippen molar-refractivity contribution in [3.8, 4) is 0 Å². The second-order valence-corrected chi connectivity index (χ2v) is 11.5. The minimum Gasteiger partial charge on any atom is -1.00 e. The van der Waals surface area contributed by atoms with Crippen molar-refractivity contribution in [2.24, 2.45) is 17.2 Å². The van der Waals surface area contributed by atoms with Crippen molar-refractivity contribution in [1.29, 1.82) is 0 Å². The van der Waals surface area contributed by atoms with Gasteiger partial charge in [0.2, 0.25) is 0 Å². The number of hydrogen-bond donors (Lipinski definition) is 5. The molecular formula is C32H74AlLiN3NaO6. The molecule has 0 radical (unpaired) electrons. The Morgan fingerprint density at radius 1 is 0.636 bits per heavy atom. The molecular weight excluding hydrogens is 579 g/mol. The van der Waals surface area contributed by atoms with Crippen molar-refractivity contribution in [1.82, 2.24) is 0 Å². The Balaban J connectivity index is -0.0000000725. The van der Waals surface area contributed by atoms with Gasteiger partial charge in [0, 0.05) is 5.54 Å². The topological polar surface area (TPSA) is 192 Å². The molecule has 0 atom stereocenters. The van der Waals surface area contributed by atoms with E-state index in [1.807, 2.05) is 20.8 Å². The summed E-state index contributed by atoms with van der Waals surface area (Å²) in [6.45, 7) is 15.0. The molecule has 0 saturated heterocycles. The molecule has 9 nitrogen and oxygen atoms in total. The molecule has 0 aromatic heterocycles. The third-order valence-electron chi connectivity index (χ3n) is 7.38. The minimum absolute atomic E-state index is 0. The monoisotopic (exact) mass is 654 g/mol. The van der Waals surface area contributed by atoms with Gasteiger partial charge in [-0.25, -0.2) is 0 Å². The molecule has 258 valence electrons. The normalized spacial score (nSPS) is 10.6. The summed E-state index contributed by atoms with van der Waals surface area (Å²) < 4.78 is 5.04. The molecule has 9 N–H and O–H groups in total. The van der Waals surface area contributed by atoms with Crippen LogP contribution in [0.15, 0.2) is 0 Å². The number of unbranched alkanes of at least 4 members (excludes halogenated alkanes) is 6. The fourth-order valence-corrected chi connectivity index (χ4v) is 4.25. The average molecular weight is 654 g/mol. The van der Waals surface area contributed by atoms with Crippen LogP contribution in [0.1, 0.15) is 165 Å². The second kappa shape index (κ2) is 38.3. The first-order valence-electron chi connectivity index (χ1n) is 16.2. The number of aliphatic hydroxyl groups is 1. The Bertz CT molecular complexity index is 607. The van der Waals surface area contributed by atoms with Gasteiger partial charge in [0.05, 0.1) is 13.2 Å². The summed E-state index contributed by atoms with van der Waals surface area (Å²) >= 11 is 0. The SMILES string of the molecule is CCCCC(N)(CCCC)C(=O)O.CCCCC(N)(CCCC)C(=O)OCC.CCCCC(N)(CO)CCCC.[AlH3].[H-].[Li+].[Na+].[OH-]. The Morgan fingerprint density at radius 3 is 1.14 bits per heavy atom. The quantitative estimate of drug-likeness (QED) is 0.0764. The van der Waals surface area contributed by atoms with Gasteiger partial charge in [-0.3, -0.25) is 9.59 Å². The molecule has 0 spiro atoms. The average Bonchev–Trinajstić information content (AvgIpc) is 2.95. The van der Waals surface area contributed by atoms with E-state index in [2.05, 4.69) is 27.7 Å². The van der Waals surface area contributed by atoms with Crippen molar-refractivity contribution in [2.45, 2.75) is 181 Å². The molecule has 44 heavy (non-hydrogen) atoms. The Kier molecular flexibility index (Phi) is 52.4. The summed E-state index contributed by atoms with van der Waals surface area (Å²) in [4.78, 5) is 22.6. The van der Waals surface area contributed by atoms with Crippen LogP contribution in [0.4, 0.5) is 0 Å². The van der Waals surface area contributed by atoms with Gasteiger partial charge in [0.1, 0.15) is 11.1 Å². The predicted octanol–water partition coefficient (Wildman–Crippen LogP) is -0.407. The van der Waals surface area contributed by atoms with Gasteiger partial charge in [0.15, 0.2) is 17.4 Å². The van der Waals surface area contributed by atoms with Crippen LogP contribution in [0.5, 0.6) is 0 Å². The number of esters is 1. The Hall–Kier alpha value is 0.870. The number of carboxylic acids is 1. The maximum Gasteiger partial charge on any atom is 1.00 e. The van der Waals surface area contributed by atoms with Crippen LogP contribution in [0.2, 0.25) is 0 Å². The minimum atomic E-state index is -0.980.